The lowest BCUT2D eigenvalue weighted by molar-refractivity contribution is -0.201. The van der Waals surface area contributed by atoms with Crippen LogP contribution in [-0.2, 0) is 28.9 Å². The highest BCUT2D eigenvalue weighted by Gasteiger charge is 2.75. The number of aryl methyl sites for hydroxylation is 1. The fourth-order valence-electron chi connectivity index (χ4n) is 9.49. The number of aliphatic hydroxyl groups is 2. The maximum atomic E-state index is 13.7. The number of carbonyl (C=O) groups excluding carboxylic acids is 2. The van der Waals surface area contributed by atoms with E-state index in [9.17, 15) is 28.2 Å². The summed E-state index contributed by atoms with van der Waals surface area (Å²) in [6.45, 7) is 5.26. The summed E-state index contributed by atoms with van der Waals surface area (Å²) in [5.74, 6) is -0.560. The van der Waals surface area contributed by atoms with Gasteiger partial charge in [-0.05, 0) is 80.9 Å². The van der Waals surface area contributed by atoms with E-state index >= 15 is 0 Å². The number of hydrogen-bond acceptors (Lipinski definition) is 8. The molecule has 0 amide bonds. The molecule has 7 rings (SSSR count). The number of hydrogen-bond donors (Lipinski definition) is 2. The Morgan fingerprint density at radius 2 is 1.70 bits per heavy atom. The van der Waals surface area contributed by atoms with Gasteiger partial charge in [0.25, 0.3) is 0 Å². The van der Waals surface area contributed by atoms with E-state index < -0.39 is 57.2 Å². The molecule has 1 saturated heterocycles. The first-order chi connectivity index (χ1) is 20.8. The average Bonchev–Trinajstić information content (AvgIpc) is 3.50. The first-order valence-corrected chi connectivity index (χ1v) is 16.8. The molecule has 2 aromatic rings. The van der Waals surface area contributed by atoms with Crippen LogP contribution in [0.1, 0.15) is 56.9 Å². The summed E-state index contributed by atoms with van der Waals surface area (Å²) in [6, 6.07) is 13.0. The Morgan fingerprint density at radius 3 is 2.36 bits per heavy atom. The Morgan fingerprint density at radius 1 is 1.05 bits per heavy atom. The molecule has 9 atom stereocenters. The number of sulfone groups is 1. The third kappa shape index (κ3) is 3.99. The van der Waals surface area contributed by atoms with Gasteiger partial charge in [-0.2, -0.15) is 0 Å². The van der Waals surface area contributed by atoms with Gasteiger partial charge in [0.1, 0.15) is 6.61 Å². The van der Waals surface area contributed by atoms with E-state index in [-0.39, 0.29) is 39.7 Å². The molecule has 4 aliphatic carbocycles. The van der Waals surface area contributed by atoms with Crippen LogP contribution in [0.25, 0.3) is 0 Å². The molecule has 4 fully saturated rings. The lowest BCUT2D eigenvalue weighted by Crippen LogP contribution is -2.63. The monoisotopic (exact) mass is 618 g/mol. The molecule has 0 bridgehead atoms. The third-order valence-electron chi connectivity index (χ3n) is 11.6. The van der Waals surface area contributed by atoms with Crippen LogP contribution in [0.5, 0.6) is 0 Å². The maximum absolute atomic E-state index is 13.7. The molecule has 1 heterocycles. The molecule has 1 aliphatic heterocycles. The summed E-state index contributed by atoms with van der Waals surface area (Å²) in [5.41, 5.74) is -0.148. The van der Waals surface area contributed by atoms with E-state index in [1.165, 1.54) is 12.1 Å². The molecule has 8 nitrogen and oxygen atoms in total. The van der Waals surface area contributed by atoms with E-state index in [1.807, 2.05) is 19.9 Å². The lowest BCUT2D eigenvalue weighted by Gasteiger charge is -2.59. The van der Waals surface area contributed by atoms with E-state index in [0.29, 0.717) is 12.0 Å². The van der Waals surface area contributed by atoms with Gasteiger partial charge in [-0.3, -0.25) is 9.59 Å². The molecular weight excluding hydrogens is 580 g/mol. The van der Waals surface area contributed by atoms with Crippen molar-refractivity contribution >= 4 is 21.4 Å². The van der Waals surface area contributed by atoms with Gasteiger partial charge in [0, 0.05) is 22.3 Å². The number of Topliss-reactive ketones (excluding diaryl/α,β-unsaturated/α-hetero) is 1. The number of rotatable bonds is 5. The second-order valence-electron chi connectivity index (χ2n) is 13.7. The van der Waals surface area contributed by atoms with Crippen molar-refractivity contribution in [2.24, 2.45) is 28.6 Å². The zero-order chi connectivity index (χ0) is 31.2. The number of carbonyl (C=O) groups is 2. The summed E-state index contributed by atoms with van der Waals surface area (Å²) in [5, 5.41) is 22.0. The number of allylic oxidation sites excluding steroid dienone is 4. The van der Waals surface area contributed by atoms with Crippen LogP contribution >= 0.6 is 0 Å². The van der Waals surface area contributed by atoms with Crippen molar-refractivity contribution in [1.82, 2.24) is 0 Å². The van der Waals surface area contributed by atoms with Gasteiger partial charge in [-0.1, -0.05) is 55.3 Å². The second kappa shape index (κ2) is 10.0. The van der Waals surface area contributed by atoms with Gasteiger partial charge in [0.2, 0.25) is 9.84 Å². The minimum atomic E-state index is -3.72. The molecule has 3 saturated carbocycles. The van der Waals surface area contributed by atoms with Gasteiger partial charge in [0.15, 0.2) is 23.5 Å². The van der Waals surface area contributed by atoms with Crippen LogP contribution < -0.4 is 0 Å². The van der Waals surface area contributed by atoms with Crippen molar-refractivity contribution in [1.29, 1.82) is 0 Å². The number of ketones is 2. The van der Waals surface area contributed by atoms with E-state index in [2.05, 4.69) is 6.92 Å². The van der Waals surface area contributed by atoms with Gasteiger partial charge < -0.3 is 19.7 Å². The molecule has 232 valence electrons. The first kappa shape index (κ1) is 29.7. The fourth-order valence-corrected chi connectivity index (χ4v) is 10.8. The third-order valence-corrected chi connectivity index (χ3v) is 13.4. The lowest BCUT2D eigenvalue weighted by atomic mass is 9.46. The van der Waals surface area contributed by atoms with Crippen LogP contribution in [-0.4, -0.2) is 54.6 Å². The number of fused-ring (bicyclic) bond motifs is 7. The maximum Gasteiger partial charge on any atom is 0.206 e. The fraction of sp³-hybridized carbons (Fsp3) is 0.486. The van der Waals surface area contributed by atoms with E-state index in [0.717, 1.165) is 24.0 Å². The van der Waals surface area contributed by atoms with Crippen LogP contribution in [0.3, 0.4) is 0 Å². The van der Waals surface area contributed by atoms with Crippen LogP contribution in [0.4, 0.5) is 0 Å². The minimum absolute atomic E-state index is 0.0104. The zero-order valence-corrected chi connectivity index (χ0v) is 25.9. The second-order valence-corrected chi connectivity index (χ2v) is 15.7. The van der Waals surface area contributed by atoms with Crippen molar-refractivity contribution < 1.29 is 37.7 Å². The number of benzene rings is 2. The molecule has 0 radical (unpaired) electrons. The first-order valence-electron chi connectivity index (χ1n) is 15.4. The van der Waals surface area contributed by atoms with Crippen molar-refractivity contribution in [3.05, 3.63) is 83.5 Å². The Bertz CT molecular complexity index is 1690. The van der Waals surface area contributed by atoms with Crippen LogP contribution in [0.2, 0.25) is 0 Å². The Kier molecular flexibility index (Phi) is 6.78. The van der Waals surface area contributed by atoms with E-state index in [1.54, 1.807) is 48.6 Å². The molecular formula is C35H38O8S. The highest BCUT2D eigenvalue weighted by Crippen LogP contribution is 2.70. The molecule has 0 aromatic heterocycles. The standard InChI is InChI=1S/C35H38O8S/c1-20-4-9-24(10-5-20)44(40,41)25-11-6-21(7-12-25)32-42-30-17-27-26-13-8-22-16-23(37)14-15-33(22,2)31(26)28(38)18-34(27,3)35(30,43-32)29(39)19-36/h4-7,9-12,14-16,26-28,30-32,36,38H,8,13,17-19H2,1-3H3/t26-,27-,28-,30+,31+,32+,33-,34-,35+/m0/s1. The molecule has 2 aromatic carbocycles. The Hall–Kier alpha value is -2.95. The molecule has 0 unspecified atom stereocenters. The predicted octanol–water partition coefficient (Wildman–Crippen LogP) is 4.43. The topological polar surface area (TPSA) is 127 Å². The smallest absolute Gasteiger partial charge is 0.206 e. The van der Waals surface area contributed by atoms with Gasteiger partial charge in [-0.25, -0.2) is 8.42 Å². The summed E-state index contributed by atoms with van der Waals surface area (Å²) >= 11 is 0. The highest BCUT2D eigenvalue weighted by molar-refractivity contribution is 7.91. The van der Waals surface area contributed by atoms with Crippen LogP contribution in [0, 0.1) is 35.5 Å². The zero-order valence-electron chi connectivity index (χ0n) is 25.1. The minimum Gasteiger partial charge on any atom is -0.393 e. The Balaban J connectivity index is 1.20. The molecule has 0 spiro atoms. The van der Waals surface area contributed by atoms with Gasteiger partial charge >= 0.3 is 0 Å². The normalized spacial score (nSPS) is 39.2. The number of aliphatic hydroxyl groups excluding tert-OH is 2. The van der Waals surface area contributed by atoms with Crippen molar-refractivity contribution in [3.8, 4) is 0 Å². The van der Waals surface area contributed by atoms with Gasteiger partial charge in [0.05, 0.1) is 22.0 Å². The summed E-state index contributed by atoms with van der Waals surface area (Å²) in [6.07, 6.45) is 5.25. The summed E-state index contributed by atoms with van der Waals surface area (Å²) < 4.78 is 39.5. The largest absolute Gasteiger partial charge is 0.393 e. The van der Waals surface area contributed by atoms with Crippen molar-refractivity contribution in [3.63, 3.8) is 0 Å². The summed E-state index contributed by atoms with van der Waals surface area (Å²) in [7, 11) is -3.72. The molecule has 2 N–H and O–H groups in total. The molecule has 5 aliphatic rings. The van der Waals surface area contributed by atoms with Gasteiger partial charge in [-0.15, -0.1) is 0 Å². The van der Waals surface area contributed by atoms with E-state index in [4.69, 9.17) is 9.47 Å². The molecule has 9 heteroatoms. The predicted molar refractivity (Wildman–Crippen MR) is 160 cm³/mol. The quantitative estimate of drug-likeness (QED) is 0.504. The van der Waals surface area contributed by atoms with Crippen molar-refractivity contribution in [2.45, 2.75) is 80.3 Å². The number of ether oxygens (including phenoxy) is 2. The van der Waals surface area contributed by atoms with Crippen molar-refractivity contribution in [2.75, 3.05) is 6.61 Å². The highest BCUT2D eigenvalue weighted by atomic mass is 32.2. The summed E-state index contributed by atoms with van der Waals surface area (Å²) in [4.78, 5) is 26.2. The van der Waals surface area contributed by atoms with Crippen LogP contribution in [0.15, 0.2) is 82.1 Å². The Labute approximate surface area is 257 Å². The molecule has 44 heavy (non-hydrogen) atoms. The SMILES string of the molecule is Cc1ccc(S(=O)(=O)c2ccc([C@@H]3O[C@@H]4C[C@H]5[C@@H]6CCC7=CC(=O)C=C[C@]7(C)[C@H]6[C@@H](O)C[C@]5(C)[C@]4(C(=O)CO)O3)cc2)cc1. The average molecular weight is 619 g/mol.